The third-order valence-electron chi connectivity index (χ3n) is 3.68. The van der Waals surface area contributed by atoms with Crippen molar-refractivity contribution in [2.75, 3.05) is 11.8 Å². The predicted molar refractivity (Wildman–Crippen MR) is 50.6 cm³/mol. The highest BCUT2D eigenvalue weighted by Gasteiger charge is 2.51. The third kappa shape index (κ3) is 1.18. The van der Waals surface area contributed by atoms with Crippen molar-refractivity contribution in [2.24, 2.45) is 23.7 Å². The monoisotopic (exact) mass is 208 g/mol. The number of aliphatic hydroxyl groups is 1. The second-order valence-corrected chi connectivity index (χ2v) is 4.72. The molecule has 12 heavy (non-hydrogen) atoms. The van der Waals surface area contributed by atoms with Gasteiger partial charge in [0.2, 0.25) is 0 Å². The number of hydrogen-bond donors (Lipinski definition) is 1. The summed E-state index contributed by atoms with van der Waals surface area (Å²) in [5, 5.41) is 9.63. The van der Waals surface area contributed by atoms with Crippen molar-refractivity contribution in [1.82, 2.24) is 0 Å². The van der Waals surface area contributed by atoms with Crippen molar-refractivity contribution in [2.45, 2.75) is 18.9 Å². The molecule has 0 saturated heterocycles. The SMILES string of the molecule is O[C@H]1C[C@H]2C[C@@H]1C(CCl)C2CCl. The Bertz CT molecular complexity index is 172. The quantitative estimate of drug-likeness (QED) is 0.690. The molecule has 2 aliphatic carbocycles. The van der Waals surface area contributed by atoms with Crippen LogP contribution in [0.25, 0.3) is 0 Å². The van der Waals surface area contributed by atoms with Gasteiger partial charge in [0, 0.05) is 11.8 Å². The van der Waals surface area contributed by atoms with Crippen molar-refractivity contribution in [3.8, 4) is 0 Å². The summed E-state index contributed by atoms with van der Waals surface area (Å²) >= 11 is 11.8. The Kier molecular flexibility index (Phi) is 2.55. The molecule has 2 aliphatic rings. The van der Waals surface area contributed by atoms with Gasteiger partial charge in [-0.15, -0.1) is 23.2 Å². The minimum absolute atomic E-state index is 0.0989. The lowest BCUT2D eigenvalue weighted by atomic mass is 9.80. The Balaban J connectivity index is 2.11. The van der Waals surface area contributed by atoms with E-state index < -0.39 is 0 Å². The molecular formula is C9H14Cl2O. The molecule has 1 nitrogen and oxygen atoms in total. The van der Waals surface area contributed by atoms with Gasteiger partial charge in [-0.05, 0) is 36.5 Å². The summed E-state index contributed by atoms with van der Waals surface area (Å²) in [6.45, 7) is 0. The molecule has 0 heterocycles. The van der Waals surface area contributed by atoms with Gasteiger partial charge in [0.1, 0.15) is 0 Å². The lowest BCUT2D eigenvalue weighted by molar-refractivity contribution is 0.0665. The van der Waals surface area contributed by atoms with E-state index in [2.05, 4.69) is 0 Å². The highest BCUT2D eigenvalue weighted by atomic mass is 35.5. The Morgan fingerprint density at radius 1 is 1.08 bits per heavy atom. The lowest BCUT2D eigenvalue weighted by Crippen LogP contribution is -2.33. The summed E-state index contributed by atoms with van der Waals surface area (Å²) in [5.74, 6) is 3.50. The zero-order chi connectivity index (χ0) is 8.72. The molecule has 0 spiro atoms. The van der Waals surface area contributed by atoms with Gasteiger partial charge in [-0.3, -0.25) is 0 Å². The van der Waals surface area contributed by atoms with E-state index in [0.717, 1.165) is 12.8 Å². The maximum absolute atomic E-state index is 9.63. The van der Waals surface area contributed by atoms with Gasteiger partial charge in [-0.25, -0.2) is 0 Å². The van der Waals surface area contributed by atoms with E-state index in [1.54, 1.807) is 0 Å². The van der Waals surface area contributed by atoms with Crippen LogP contribution >= 0.6 is 23.2 Å². The number of halogens is 2. The molecule has 0 aliphatic heterocycles. The molecule has 2 bridgehead atoms. The van der Waals surface area contributed by atoms with E-state index in [4.69, 9.17) is 23.2 Å². The van der Waals surface area contributed by atoms with Crippen molar-refractivity contribution >= 4 is 23.2 Å². The summed E-state index contributed by atoms with van der Waals surface area (Å²) in [6, 6.07) is 0. The molecule has 2 rings (SSSR count). The molecule has 0 radical (unpaired) electrons. The van der Waals surface area contributed by atoms with Crippen LogP contribution in [0, 0.1) is 23.7 Å². The van der Waals surface area contributed by atoms with Crippen LogP contribution < -0.4 is 0 Å². The van der Waals surface area contributed by atoms with Crippen LogP contribution in [0.5, 0.6) is 0 Å². The molecule has 70 valence electrons. The Morgan fingerprint density at radius 3 is 2.33 bits per heavy atom. The Labute approximate surface area is 83.0 Å². The van der Waals surface area contributed by atoms with Crippen LogP contribution in [-0.2, 0) is 0 Å². The van der Waals surface area contributed by atoms with Crippen molar-refractivity contribution in [3.63, 3.8) is 0 Å². The van der Waals surface area contributed by atoms with Crippen LogP contribution in [0.3, 0.4) is 0 Å². The molecule has 2 unspecified atom stereocenters. The van der Waals surface area contributed by atoms with E-state index in [1.165, 1.54) is 0 Å². The molecule has 5 atom stereocenters. The van der Waals surface area contributed by atoms with E-state index in [-0.39, 0.29) is 6.10 Å². The first kappa shape index (κ1) is 9.11. The molecule has 0 aromatic heterocycles. The smallest absolute Gasteiger partial charge is 0.0574 e. The van der Waals surface area contributed by atoms with Crippen molar-refractivity contribution in [1.29, 1.82) is 0 Å². The normalized spacial score (nSPS) is 51.8. The number of hydrogen-bond acceptors (Lipinski definition) is 1. The van der Waals surface area contributed by atoms with E-state index in [0.29, 0.717) is 35.4 Å². The fourth-order valence-electron chi connectivity index (χ4n) is 3.03. The molecule has 2 fully saturated rings. The van der Waals surface area contributed by atoms with Crippen LogP contribution in [0.4, 0.5) is 0 Å². The van der Waals surface area contributed by atoms with Crippen LogP contribution in [-0.4, -0.2) is 23.0 Å². The first-order chi connectivity index (χ1) is 5.77. The van der Waals surface area contributed by atoms with Gasteiger partial charge in [0.05, 0.1) is 6.10 Å². The molecule has 1 N–H and O–H groups in total. The lowest BCUT2D eigenvalue weighted by Gasteiger charge is -2.31. The predicted octanol–water partition coefficient (Wildman–Crippen LogP) is 2.10. The van der Waals surface area contributed by atoms with Crippen molar-refractivity contribution in [3.05, 3.63) is 0 Å². The summed E-state index contributed by atoms with van der Waals surface area (Å²) in [4.78, 5) is 0. The number of aliphatic hydroxyl groups excluding tert-OH is 1. The molecular weight excluding hydrogens is 195 g/mol. The van der Waals surface area contributed by atoms with Gasteiger partial charge in [0.25, 0.3) is 0 Å². The summed E-state index contributed by atoms with van der Waals surface area (Å²) in [5.41, 5.74) is 0. The second kappa shape index (κ2) is 3.36. The summed E-state index contributed by atoms with van der Waals surface area (Å²) < 4.78 is 0. The van der Waals surface area contributed by atoms with Gasteiger partial charge >= 0.3 is 0 Å². The number of alkyl halides is 2. The van der Waals surface area contributed by atoms with E-state index >= 15 is 0 Å². The zero-order valence-electron chi connectivity index (χ0n) is 6.92. The van der Waals surface area contributed by atoms with Crippen LogP contribution in [0.1, 0.15) is 12.8 Å². The van der Waals surface area contributed by atoms with Crippen molar-refractivity contribution < 1.29 is 5.11 Å². The first-order valence-electron chi connectivity index (χ1n) is 4.58. The van der Waals surface area contributed by atoms with E-state index in [1.807, 2.05) is 0 Å². The number of rotatable bonds is 2. The van der Waals surface area contributed by atoms with Gasteiger partial charge in [0.15, 0.2) is 0 Å². The fraction of sp³-hybridized carbons (Fsp3) is 1.00. The molecule has 0 aromatic rings. The maximum Gasteiger partial charge on any atom is 0.0574 e. The maximum atomic E-state index is 9.63. The second-order valence-electron chi connectivity index (χ2n) is 4.10. The molecule has 2 saturated carbocycles. The average Bonchev–Trinajstić information content (AvgIpc) is 2.58. The number of fused-ring (bicyclic) bond motifs is 2. The third-order valence-corrected chi connectivity index (χ3v) is 4.39. The summed E-state index contributed by atoms with van der Waals surface area (Å²) in [6.07, 6.45) is 2.00. The molecule has 0 amide bonds. The summed E-state index contributed by atoms with van der Waals surface area (Å²) in [7, 11) is 0. The standard InChI is InChI=1S/C9H14Cl2O/c10-3-7-5-1-6(8(7)4-11)9(12)2-5/h5-9,12H,1-4H2/t5-,6-,7?,8?,9+/m1/s1. The average molecular weight is 209 g/mol. The highest BCUT2D eigenvalue weighted by Crippen LogP contribution is 2.52. The van der Waals surface area contributed by atoms with Gasteiger partial charge in [-0.1, -0.05) is 0 Å². The van der Waals surface area contributed by atoms with Crippen LogP contribution in [0.2, 0.25) is 0 Å². The molecule has 3 heteroatoms. The Hall–Kier alpha value is 0.540. The van der Waals surface area contributed by atoms with Gasteiger partial charge < -0.3 is 5.11 Å². The largest absolute Gasteiger partial charge is 0.393 e. The highest BCUT2D eigenvalue weighted by molar-refractivity contribution is 6.19. The van der Waals surface area contributed by atoms with Crippen LogP contribution in [0.15, 0.2) is 0 Å². The minimum Gasteiger partial charge on any atom is -0.393 e. The Morgan fingerprint density at radius 2 is 1.75 bits per heavy atom. The van der Waals surface area contributed by atoms with E-state index in [9.17, 15) is 5.11 Å². The fourth-order valence-corrected chi connectivity index (χ4v) is 3.97. The van der Waals surface area contributed by atoms with Gasteiger partial charge in [-0.2, -0.15) is 0 Å². The topological polar surface area (TPSA) is 20.2 Å². The minimum atomic E-state index is -0.0989. The zero-order valence-corrected chi connectivity index (χ0v) is 8.43. The first-order valence-corrected chi connectivity index (χ1v) is 5.64. The molecule has 0 aromatic carbocycles.